The Labute approximate surface area is 685 Å². The molecule has 9 aliphatic rings. The van der Waals surface area contributed by atoms with E-state index in [0.29, 0.717) is 144 Å². The smallest absolute Gasteiger partial charge is 0.337 e. The van der Waals surface area contributed by atoms with E-state index in [9.17, 15) is 62.4 Å². The van der Waals surface area contributed by atoms with E-state index in [-0.39, 0.29) is 98.5 Å². The molecule has 12 heterocycles. The lowest BCUT2D eigenvalue weighted by Crippen LogP contribution is -2.43. The molecule has 0 atom stereocenters. The van der Waals surface area contributed by atoms with Crippen molar-refractivity contribution in [1.82, 2.24) is 78.8 Å². The van der Waals surface area contributed by atoms with Crippen LogP contribution < -0.4 is 0 Å². The number of nitrogens with zero attached hydrogens (tertiary/aromatic N) is 12. The number of aromatic nitrogens is 8. The van der Waals surface area contributed by atoms with Crippen LogP contribution in [0.2, 0.25) is 15.1 Å². The van der Waals surface area contributed by atoms with Crippen molar-refractivity contribution in [2.45, 2.75) is 165 Å². The Morgan fingerprint density at radius 1 is 0.431 bits per heavy atom. The molecule has 8 aliphatic heterocycles. The van der Waals surface area contributed by atoms with Gasteiger partial charge < -0.3 is 24.5 Å². The van der Waals surface area contributed by atoms with Gasteiger partial charge in [0.15, 0.2) is 22.8 Å². The van der Waals surface area contributed by atoms with Crippen molar-refractivity contribution >= 4 is 78.5 Å². The van der Waals surface area contributed by atoms with Crippen LogP contribution in [-0.2, 0) is 78.1 Å². The van der Waals surface area contributed by atoms with E-state index in [0.717, 1.165) is 128 Å². The summed E-state index contributed by atoms with van der Waals surface area (Å²) < 4.78 is 131. The third kappa shape index (κ3) is 18.6. The largest absolute Gasteiger partial charge is 0.416 e. The fourth-order valence-corrected chi connectivity index (χ4v) is 20.0. The standard InChI is InChI=1S/C22H26ClFN4O.C21H25F3N4O3S.C19H22ClFN4O3S.C19H22ClFN4O/c23-20-16(5-2-6-18(20)24)14-7-10-27(11-8-14)22(29)21-17-9-12-28(15-3-1-4-15)13-19(17)25-26-21;1-13-9-15(11-16(10-13)21(22,23)24)14-3-6-27(7-4-14)20(29)19-17-12-28(32(2,30)31)8-5-18(17)25-26-19;1-29(27,28)25-10-7-16-14(11-25)18(23-22-16)19(26)24-8-5-12(6-9-24)13-3-2-4-15(21)17(13)20;1-24-8-7-14-16(11-24)22-23-18(14)19(26)25-9-5-12(6-10-25)13-3-2-4-15(21)17(13)20/h2,5-6,14-15H,1,3-4,7-13H2,(H,25,26);9-11,14H,3-8,12H2,1-2H3,(H,25,26);2-4,12H,5-11H2,1H3,(H,22,23);2-4,12H,5-11H2,1H3,(H,22,23). The Bertz CT molecular complexity index is 5200. The van der Waals surface area contributed by atoms with Gasteiger partial charge in [-0.25, -0.2) is 30.0 Å². The number of H-pyrrole nitrogens is 4. The number of fused-ring (bicyclic) bond motifs is 4. The SMILES string of the molecule is CN1CCc2c(C(=O)N3CCC(c4cccc(F)c4Cl)CC3)n[nH]c2C1.CS(=O)(=O)N1CCc2[nH]nc(C(=O)N3CCC(c4cccc(F)c4Cl)CC3)c2C1.Cc1cc(C2CCN(C(=O)c3n[nH]c4c3CN(S(C)(=O)=O)CC4)CC2)cc(C(F)(F)F)c1.O=C(c1n[nH]c2c1CCN(C1CCC1)C2)N1CCC(c2cccc(F)c2Cl)CC1. The molecule has 24 nitrogen and oxygen atoms in total. The number of carbonyl (C=O) groups is 4. The number of aromatic amines is 4. The van der Waals surface area contributed by atoms with Gasteiger partial charge in [-0.15, -0.1) is 0 Å². The van der Waals surface area contributed by atoms with E-state index in [1.165, 1.54) is 58.4 Å². The summed E-state index contributed by atoms with van der Waals surface area (Å²) in [6, 6.07) is 19.6. The number of alkyl halides is 3. The minimum absolute atomic E-state index is 0.00385. The molecule has 1 aliphatic carbocycles. The number of benzene rings is 4. The van der Waals surface area contributed by atoms with Gasteiger partial charge in [0.2, 0.25) is 20.0 Å². The van der Waals surface area contributed by atoms with Crippen molar-refractivity contribution in [3.63, 3.8) is 0 Å². The van der Waals surface area contributed by atoms with Crippen molar-refractivity contribution in [2.24, 2.45) is 0 Å². The van der Waals surface area contributed by atoms with Crippen LogP contribution >= 0.6 is 34.8 Å². The zero-order valence-corrected chi connectivity index (χ0v) is 69.0. The van der Waals surface area contributed by atoms with Gasteiger partial charge in [0, 0.05) is 157 Å². The molecule has 116 heavy (non-hydrogen) atoms. The second kappa shape index (κ2) is 35.4. The van der Waals surface area contributed by atoms with Crippen LogP contribution in [0.1, 0.15) is 215 Å². The average molecular weight is 1710 g/mol. The first-order valence-corrected chi connectivity index (χ1v) is 44.4. The van der Waals surface area contributed by atoms with E-state index in [2.05, 4.69) is 57.6 Å². The number of likely N-dealkylation sites (tertiary alicyclic amines) is 4. The number of amides is 4. The number of piperidine rings is 4. The molecule has 8 aromatic rings. The van der Waals surface area contributed by atoms with Crippen LogP contribution in [0.5, 0.6) is 0 Å². The van der Waals surface area contributed by atoms with E-state index < -0.39 is 37.6 Å². The molecule has 0 spiro atoms. The summed E-state index contributed by atoms with van der Waals surface area (Å²) in [5.41, 5.74) is 11.8. The molecule has 0 unspecified atom stereocenters. The summed E-state index contributed by atoms with van der Waals surface area (Å²) in [7, 11) is -4.66. The zero-order valence-electron chi connectivity index (χ0n) is 65.1. The summed E-state index contributed by atoms with van der Waals surface area (Å²) in [6.45, 7) is 10.6. The second-order valence-electron chi connectivity index (χ2n) is 31.9. The van der Waals surface area contributed by atoms with E-state index >= 15 is 0 Å². The number of hydrogen-bond acceptors (Lipinski definition) is 14. The molecule has 4 amide bonds. The van der Waals surface area contributed by atoms with Gasteiger partial charge in [0.05, 0.1) is 44.5 Å². The molecule has 17 rings (SSSR count). The highest BCUT2D eigenvalue weighted by Crippen LogP contribution is 2.41. The Balaban J connectivity index is 0.000000128. The van der Waals surface area contributed by atoms with Gasteiger partial charge in [-0.2, -0.15) is 42.2 Å². The minimum Gasteiger partial charge on any atom is -0.337 e. The molecule has 622 valence electrons. The van der Waals surface area contributed by atoms with Crippen molar-refractivity contribution in [1.29, 1.82) is 0 Å². The van der Waals surface area contributed by atoms with Crippen molar-refractivity contribution in [3.05, 3.63) is 207 Å². The minimum atomic E-state index is -4.39. The summed E-state index contributed by atoms with van der Waals surface area (Å²) in [5.74, 6) is -1.25. The predicted molar refractivity (Wildman–Crippen MR) is 426 cm³/mol. The van der Waals surface area contributed by atoms with Crippen molar-refractivity contribution in [3.8, 4) is 0 Å². The third-order valence-corrected chi connectivity index (χ3v) is 28.2. The van der Waals surface area contributed by atoms with Crippen LogP contribution in [0.4, 0.5) is 26.3 Å². The van der Waals surface area contributed by atoms with Crippen molar-refractivity contribution in [2.75, 3.05) is 98.1 Å². The molecule has 4 aromatic heterocycles. The molecule has 4 N–H and O–H groups in total. The maximum atomic E-state index is 13.8. The third-order valence-electron chi connectivity index (χ3n) is 24.5. The predicted octanol–water partition coefficient (Wildman–Crippen LogP) is 13.0. The van der Waals surface area contributed by atoms with Gasteiger partial charge in [0.25, 0.3) is 23.6 Å². The number of halogens is 9. The lowest BCUT2D eigenvalue weighted by atomic mass is 9.87. The lowest BCUT2D eigenvalue weighted by molar-refractivity contribution is -0.137. The highest BCUT2D eigenvalue weighted by Gasteiger charge is 2.40. The van der Waals surface area contributed by atoms with Crippen LogP contribution in [0, 0.1) is 24.4 Å². The Kier molecular flexibility index (Phi) is 25.7. The van der Waals surface area contributed by atoms with Gasteiger partial charge in [0.1, 0.15) is 17.5 Å². The molecular formula is C81H95Cl3F6N16O8S2. The molecule has 35 heteroatoms. The van der Waals surface area contributed by atoms with Crippen LogP contribution in [0.3, 0.4) is 0 Å². The molecule has 0 radical (unpaired) electrons. The average Bonchev–Trinajstić information content (AvgIpc) is 1.63. The Morgan fingerprint density at radius 2 is 0.784 bits per heavy atom. The fraction of sp³-hybridized carbons (Fsp3) is 0.506. The number of sulfonamides is 2. The van der Waals surface area contributed by atoms with Crippen LogP contribution in [0.15, 0.2) is 72.8 Å². The highest BCUT2D eigenvalue weighted by molar-refractivity contribution is 7.88. The fourth-order valence-electron chi connectivity index (χ4n) is 17.6. The number of carbonyl (C=O) groups excluding carboxylic acids is 4. The summed E-state index contributed by atoms with van der Waals surface area (Å²) in [4.78, 5) is 64.0. The maximum absolute atomic E-state index is 13.8. The van der Waals surface area contributed by atoms with Crippen LogP contribution in [0.25, 0.3) is 0 Å². The molecular weight excluding hydrogens is 1610 g/mol. The topological polar surface area (TPSA) is 277 Å². The summed E-state index contributed by atoms with van der Waals surface area (Å²) in [5, 5.41) is 29.5. The van der Waals surface area contributed by atoms with Gasteiger partial charge in [-0.3, -0.25) is 44.5 Å². The number of nitrogens with one attached hydrogen (secondary N) is 4. The number of likely N-dealkylation sites (N-methyl/N-ethyl adjacent to an activating group) is 1. The normalized spacial score (nSPS) is 19.3. The first-order valence-electron chi connectivity index (χ1n) is 39.6. The first kappa shape index (κ1) is 84.3. The molecule has 5 fully saturated rings. The maximum Gasteiger partial charge on any atom is 0.416 e. The summed E-state index contributed by atoms with van der Waals surface area (Å²) in [6.07, 6.45) is 10.1. The number of rotatable bonds is 11. The Hall–Kier alpha value is -8.21. The number of hydrogen-bond donors (Lipinski definition) is 4. The van der Waals surface area contributed by atoms with E-state index in [4.69, 9.17) is 34.8 Å². The molecule has 1 saturated carbocycles. The van der Waals surface area contributed by atoms with Crippen molar-refractivity contribution < 1.29 is 62.4 Å². The summed E-state index contributed by atoms with van der Waals surface area (Å²) >= 11 is 18.4. The van der Waals surface area contributed by atoms with Gasteiger partial charge in [-0.05, 0) is 167 Å². The van der Waals surface area contributed by atoms with Gasteiger partial charge in [-0.1, -0.05) is 89.3 Å². The Morgan fingerprint density at radius 3 is 1.15 bits per heavy atom. The second-order valence-corrected chi connectivity index (χ2v) is 37.0. The molecule has 4 aromatic carbocycles. The van der Waals surface area contributed by atoms with Crippen LogP contribution in [-0.4, -0.2) is 223 Å². The highest BCUT2D eigenvalue weighted by atomic mass is 35.5. The van der Waals surface area contributed by atoms with E-state index in [1.54, 1.807) is 41.0 Å². The van der Waals surface area contributed by atoms with Gasteiger partial charge >= 0.3 is 6.18 Å². The van der Waals surface area contributed by atoms with E-state index in [1.807, 2.05) is 28.0 Å². The first-order chi connectivity index (χ1) is 55.3. The number of aryl methyl sites for hydroxylation is 1. The quantitative estimate of drug-likeness (QED) is 0.0877. The molecule has 4 saturated heterocycles. The monoisotopic (exact) mass is 1700 g/mol. The zero-order chi connectivity index (χ0) is 82.2. The molecule has 0 bridgehead atoms. The lowest BCUT2D eigenvalue weighted by Gasteiger charge is -2.39.